The number of carboxylic acid groups (broad SMARTS) is 2. The predicted molar refractivity (Wildman–Crippen MR) is 122 cm³/mol. The van der Waals surface area contributed by atoms with Gasteiger partial charge in [0.15, 0.2) is 0 Å². The molecule has 0 atom stereocenters. The minimum Gasteiger partial charge on any atom is -0.478 e. The van der Waals surface area contributed by atoms with Crippen molar-refractivity contribution in [2.24, 2.45) is 0 Å². The molecule has 0 saturated heterocycles. The van der Waals surface area contributed by atoms with Crippen molar-refractivity contribution < 1.29 is 19.8 Å². The number of benzene rings is 3. The molecule has 6 nitrogen and oxygen atoms in total. The molecule has 5 aromatic rings. The van der Waals surface area contributed by atoms with Crippen molar-refractivity contribution in [2.75, 3.05) is 0 Å². The van der Waals surface area contributed by atoms with Gasteiger partial charge in [0.1, 0.15) is 0 Å². The number of aromatic carboxylic acids is 2. The van der Waals surface area contributed by atoms with Gasteiger partial charge in [-0.25, -0.2) is 9.59 Å². The monoisotopic (exact) mass is 420 g/mol. The largest absolute Gasteiger partial charge is 0.478 e. The van der Waals surface area contributed by atoms with Gasteiger partial charge in [0, 0.05) is 34.3 Å². The second-order valence-corrected chi connectivity index (χ2v) is 7.42. The smallest absolute Gasteiger partial charge is 0.335 e. The van der Waals surface area contributed by atoms with Crippen LogP contribution in [0.5, 0.6) is 0 Å². The zero-order valence-corrected chi connectivity index (χ0v) is 16.7. The summed E-state index contributed by atoms with van der Waals surface area (Å²) in [7, 11) is 0. The van der Waals surface area contributed by atoms with Gasteiger partial charge >= 0.3 is 11.9 Å². The first-order valence-corrected chi connectivity index (χ1v) is 9.85. The maximum absolute atomic E-state index is 11.1. The Labute approximate surface area is 182 Å². The highest BCUT2D eigenvalue weighted by Crippen LogP contribution is 2.29. The maximum atomic E-state index is 11.1. The molecule has 0 fully saturated rings. The highest BCUT2D eigenvalue weighted by molar-refractivity contribution is 6.04. The van der Waals surface area contributed by atoms with Gasteiger partial charge in [-0.3, -0.25) is 9.97 Å². The first-order valence-electron chi connectivity index (χ1n) is 9.85. The summed E-state index contributed by atoms with van der Waals surface area (Å²) in [4.78, 5) is 31.4. The van der Waals surface area contributed by atoms with E-state index in [9.17, 15) is 9.59 Å². The van der Waals surface area contributed by atoms with Gasteiger partial charge in [0.25, 0.3) is 0 Å². The molecule has 0 radical (unpaired) electrons. The molecular formula is C26H16N2O4. The topological polar surface area (TPSA) is 100 Å². The molecule has 2 N–H and O–H groups in total. The lowest BCUT2D eigenvalue weighted by atomic mass is 10.0. The Bertz CT molecular complexity index is 1390. The van der Waals surface area contributed by atoms with Crippen molar-refractivity contribution >= 4 is 33.7 Å². The van der Waals surface area contributed by atoms with Gasteiger partial charge < -0.3 is 10.2 Å². The van der Waals surface area contributed by atoms with E-state index >= 15 is 0 Å². The Morgan fingerprint density at radius 2 is 0.906 bits per heavy atom. The van der Waals surface area contributed by atoms with Crippen molar-refractivity contribution in [3.8, 4) is 22.3 Å². The van der Waals surface area contributed by atoms with Gasteiger partial charge in [-0.05, 0) is 47.5 Å². The van der Waals surface area contributed by atoms with E-state index in [2.05, 4.69) is 9.97 Å². The molecular weight excluding hydrogens is 404 g/mol. The summed E-state index contributed by atoms with van der Waals surface area (Å²) >= 11 is 0. The zero-order chi connectivity index (χ0) is 22.2. The third-order valence-electron chi connectivity index (χ3n) is 5.43. The SMILES string of the molecule is O=C(O)c1ccc(-c2cnc3c(ccc4cc(-c5ccc(C(=O)O)cc5)cnc43)c2)cc1. The first-order chi connectivity index (χ1) is 15.5. The van der Waals surface area contributed by atoms with Crippen LogP contribution in [0.1, 0.15) is 20.7 Å². The lowest BCUT2D eigenvalue weighted by Gasteiger charge is -2.08. The Morgan fingerprint density at radius 3 is 1.25 bits per heavy atom. The quantitative estimate of drug-likeness (QED) is 0.372. The Morgan fingerprint density at radius 1 is 0.531 bits per heavy atom. The summed E-state index contributed by atoms with van der Waals surface area (Å²) in [5.41, 5.74) is 5.60. The second kappa shape index (κ2) is 7.59. The average molecular weight is 420 g/mol. The maximum Gasteiger partial charge on any atom is 0.335 e. The summed E-state index contributed by atoms with van der Waals surface area (Å²) in [5.74, 6) is -1.91. The molecule has 0 spiro atoms. The number of carboxylic acids is 2. The van der Waals surface area contributed by atoms with E-state index < -0.39 is 11.9 Å². The van der Waals surface area contributed by atoms with Crippen molar-refractivity contribution in [1.82, 2.24) is 9.97 Å². The van der Waals surface area contributed by atoms with E-state index in [0.29, 0.717) is 0 Å². The van der Waals surface area contributed by atoms with Gasteiger partial charge in [-0.1, -0.05) is 36.4 Å². The number of fused-ring (bicyclic) bond motifs is 3. The van der Waals surface area contributed by atoms with E-state index in [1.54, 1.807) is 60.9 Å². The number of aromatic nitrogens is 2. The molecule has 0 unspecified atom stereocenters. The molecule has 0 aliphatic heterocycles. The van der Waals surface area contributed by atoms with E-state index in [1.165, 1.54) is 0 Å². The standard InChI is InChI=1S/C26H16N2O4/c29-25(30)17-5-1-15(2-6-17)21-11-19-9-10-20-12-22(14-28-24(20)23(19)27-13-21)16-3-7-18(8-4-16)26(31)32/h1-14H,(H,29,30)(H,31,32). The molecule has 0 aliphatic carbocycles. The summed E-state index contributed by atoms with van der Waals surface area (Å²) in [6.45, 7) is 0. The van der Waals surface area contributed by atoms with Crippen LogP contribution in [0.4, 0.5) is 0 Å². The zero-order valence-electron chi connectivity index (χ0n) is 16.7. The highest BCUT2D eigenvalue weighted by atomic mass is 16.4. The van der Waals surface area contributed by atoms with E-state index in [4.69, 9.17) is 10.2 Å². The fraction of sp³-hybridized carbons (Fsp3) is 0. The van der Waals surface area contributed by atoms with Crippen LogP contribution in [0, 0.1) is 0 Å². The molecule has 0 bridgehead atoms. The molecule has 3 aromatic carbocycles. The number of hydrogen-bond donors (Lipinski definition) is 2. The van der Waals surface area contributed by atoms with Crippen molar-refractivity contribution in [2.45, 2.75) is 0 Å². The lowest BCUT2D eigenvalue weighted by Crippen LogP contribution is -1.95. The number of pyridine rings is 2. The van der Waals surface area contributed by atoms with Crippen LogP contribution >= 0.6 is 0 Å². The summed E-state index contributed by atoms with van der Waals surface area (Å²) < 4.78 is 0. The molecule has 0 saturated carbocycles. The van der Waals surface area contributed by atoms with E-state index in [1.807, 2.05) is 24.3 Å². The van der Waals surface area contributed by atoms with Crippen LogP contribution in [-0.4, -0.2) is 32.1 Å². The normalized spacial score (nSPS) is 11.0. The van der Waals surface area contributed by atoms with Gasteiger partial charge in [0.05, 0.1) is 22.2 Å². The molecule has 5 rings (SSSR count). The van der Waals surface area contributed by atoms with Crippen LogP contribution in [0.25, 0.3) is 44.1 Å². The van der Waals surface area contributed by atoms with E-state index in [0.717, 1.165) is 44.1 Å². The predicted octanol–water partition coefficient (Wildman–Crippen LogP) is 5.51. The fourth-order valence-corrected chi connectivity index (χ4v) is 3.72. The Kier molecular flexibility index (Phi) is 4.60. The number of rotatable bonds is 4. The third-order valence-corrected chi connectivity index (χ3v) is 5.43. The lowest BCUT2D eigenvalue weighted by molar-refractivity contribution is 0.0686. The highest BCUT2D eigenvalue weighted by Gasteiger charge is 2.09. The molecule has 0 amide bonds. The van der Waals surface area contributed by atoms with Crippen LogP contribution in [-0.2, 0) is 0 Å². The molecule has 154 valence electrons. The van der Waals surface area contributed by atoms with Crippen molar-refractivity contribution in [1.29, 1.82) is 0 Å². The summed E-state index contributed by atoms with van der Waals surface area (Å²) in [5, 5.41) is 20.0. The Balaban J connectivity index is 1.53. The van der Waals surface area contributed by atoms with Gasteiger partial charge in [0.2, 0.25) is 0 Å². The minimum absolute atomic E-state index is 0.242. The van der Waals surface area contributed by atoms with Crippen molar-refractivity contribution in [3.63, 3.8) is 0 Å². The summed E-state index contributed by atoms with van der Waals surface area (Å²) in [6.07, 6.45) is 3.52. The van der Waals surface area contributed by atoms with Gasteiger partial charge in [-0.15, -0.1) is 0 Å². The fourth-order valence-electron chi connectivity index (χ4n) is 3.72. The first kappa shape index (κ1) is 19.4. The minimum atomic E-state index is -0.956. The van der Waals surface area contributed by atoms with E-state index in [-0.39, 0.29) is 11.1 Å². The Hall–Kier alpha value is -4.58. The van der Waals surface area contributed by atoms with Crippen LogP contribution in [0.15, 0.2) is 85.2 Å². The number of carbonyl (C=O) groups is 2. The summed E-state index contributed by atoms with van der Waals surface area (Å²) in [6, 6.07) is 21.4. The van der Waals surface area contributed by atoms with Crippen LogP contribution < -0.4 is 0 Å². The molecule has 6 heteroatoms. The molecule has 2 aromatic heterocycles. The van der Waals surface area contributed by atoms with Gasteiger partial charge in [-0.2, -0.15) is 0 Å². The van der Waals surface area contributed by atoms with Crippen LogP contribution in [0.3, 0.4) is 0 Å². The molecule has 2 heterocycles. The van der Waals surface area contributed by atoms with Crippen LogP contribution in [0.2, 0.25) is 0 Å². The number of nitrogens with zero attached hydrogens (tertiary/aromatic N) is 2. The molecule has 32 heavy (non-hydrogen) atoms. The van der Waals surface area contributed by atoms with Crippen molar-refractivity contribution in [3.05, 3.63) is 96.3 Å². The molecule has 0 aliphatic rings. The second-order valence-electron chi connectivity index (χ2n) is 7.42. The number of hydrogen-bond acceptors (Lipinski definition) is 4. The third kappa shape index (κ3) is 3.44. The average Bonchev–Trinajstić information content (AvgIpc) is 2.83.